The first kappa shape index (κ1) is 11.0. The minimum atomic E-state index is 0. The monoisotopic (exact) mass is 185 g/mol. The third-order valence-corrected chi connectivity index (χ3v) is 3.01. The van der Waals surface area contributed by atoms with Crippen molar-refractivity contribution in [2.24, 2.45) is 0 Å². The zero-order valence-corrected chi connectivity index (χ0v) is 8.93. The van der Waals surface area contributed by atoms with Crippen molar-refractivity contribution in [3.8, 4) is 0 Å². The molecule has 2 nitrogen and oxygen atoms in total. The lowest BCUT2D eigenvalue weighted by molar-refractivity contribution is -0.861. The lowest BCUT2D eigenvalue weighted by atomic mass is 10.1. The van der Waals surface area contributed by atoms with E-state index in [9.17, 15) is 5.21 Å². The van der Waals surface area contributed by atoms with Gasteiger partial charge >= 0.3 is 0 Å². The maximum absolute atomic E-state index is 11.8. The largest absolute Gasteiger partial charge is 0.633 e. The van der Waals surface area contributed by atoms with Gasteiger partial charge in [0, 0.05) is 0 Å². The fourth-order valence-corrected chi connectivity index (χ4v) is 2.07. The molecule has 0 aromatic carbocycles. The Bertz CT molecular complexity index is 120. The zero-order chi connectivity index (χ0) is 9.57. The summed E-state index contributed by atoms with van der Waals surface area (Å²) in [6.07, 6.45) is 10.2. The second kappa shape index (κ2) is 5.61. The minimum Gasteiger partial charge on any atom is -0.633 e. The van der Waals surface area contributed by atoms with Crippen LogP contribution in [0.2, 0.25) is 0 Å². The quantitative estimate of drug-likeness (QED) is 0.420. The summed E-state index contributed by atoms with van der Waals surface area (Å²) in [5.41, 5.74) is 0. The summed E-state index contributed by atoms with van der Waals surface area (Å²) in [7, 11) is 1.83. The van der Waals surface area contributed by atoms with E-state index >= 15 is 0 Å². The molecule has 1 rings (SSSR count). The molecule has 1 aliphatic heterocycles. The van der Waals surface area contributed by atoms with Gasteiger partial charge < -0.3 is 9.85 Å². The van der Waals surface area contributed by atoms with E-state index in [-0.39, 0.29) is 4.65 Å². The van der Waals surface area contributed by atoms with Crippen LogP contribution < -0.4 is 0 Å². The maximum atomic E-state index is 11.8. The minimum absolute atomic E-state index is 0. The van der Waals surface area contributed by atoms with Crippen LogP contribution in [0.1, 0.15) is 51.4 Å². The van der Waals surface area contributed by atoms with Gasteiger partial charge in [0.1, 0.15) is 0 Å². The number of hydrogen-bond acceptors (Lipinski definition) is 1. The molecule has 0 aromatic rings. The number of rotatable bonds is 0. The van der Waals surface area contributed by atoms with Crippen molar-refractivity contribution in [3.05, 3.63) is 5.21 Å². The van der Waals surface area contributed by atoms with E-state index in [2.05, 4.69) is 0 Å². The highest BCUT2D eigenvalue weighted by molar-refractivity contribution is 4.51. The zero-order valence-electron chi connectivity index (χ0n) is 8.93. The SMILES string of the molecule is C[N+]1([O-])CCCCCCCCCC1. The van der Waals surface area contributed by atoms with E-state index in [1.807, 2.05) is 7.05 Å². The van der Waals surface area contributed by atoms with Crippen LogP contribution >= 0.6 is 0 Å². The van der Waals surface area contributed by atoms with Gasteiger partial charge in [-0.25, -0.2) is 0 Å². The summed E-state index contributed by atoms with van der Waals surface area (Å²) < 4.78 is 0. The molecule has 0 radical (unpaired) electrons. The molecule has 0 aromatic heterocycles. The second-order valence-corrected chi connectivity index (χ2v) is 4.57. The standard InChI is InChI=1S/C11H23NO/c1-12(13)10-8-6-4-2-3-5-7-9-11-12/h2-11H2,1H3. The predicted octanol–water partition coefficient (Wildman–Crippen LogP) is 3.07. The van der Waals surface area contributed by atoms with Crippen molar-refractivity contribution in [2.45, 2.75) is 51.4 Å². The fraction of sp³-hybridized carbons (Fsp3) is 1.00. The molecule has 0 unspecified atom stereocenters. The average Bonchev–Trinajstić information content (AvgIpc) is 2.10. The van der Waals surface area contributed by atoms with Gasteiger partial charge in [-0.2, -0.15) is 0 Å². The van der Waals surface area contributed by atoms with Crippen molar-refractivity contribution < 1.29 is 4.65 Å². The smallest absolute Gasteiger partial charge is 0.0781 e. The number of hydrogen-bond donors (Lipinski definition) is 0. The molecule has 0 spiro atoms. The molecule has 1 heterocycles. The van der Waals surface area contributed by atoms with Gasteiger partial charge in [0.15, 0.2) is 0 Å². The average molecular weight is 185 g/mol. The molecule has 1 fully saturated rings. The Morgan fingerprint density at radius 2 is 1.00 bits per heavy atom. The third kappa shape index (κ3) is 5.27. The van der Waals surface area contributed by atoms with Gasteiger partial charge in [-0.15, -0.1) is 0 Å². The van der Waals surface area contributed by atoms with Crippen LogP contribution in [0.25, 0.3) is 0 Å². The molecule has 1 saturated heterocycles. The van der Waals surface area contributed by atoms with Gasteiger partial charge in [-0.1, -0.05) is 25.7 Å². The highest BCUT2D eigenvalue weighted by Crippen LogP contribution is 2.14. The first-order valence-corrected chi connectivity index (χ1v) is 5.76. The Hall–Kier alpha value is -0.0800. The van der Waals surface area contributed by atoms with E-state index in [0.717, 1.165) is 25.9 Å². The normalized spacial score (nSPS) is 26.3. The first-order chi connectivity index (χ1) is 6.21. The van der Waals surface area contributed by atoms with E-state index in [1.165, 1.54) is 38.5 Å². The van der Waals surface area contributed by atoms with Crippen LogP contribution in [-0.2, 0) is 0 Å². The molecule has 78 valence electrons. The summed E-state index contributed by atoms with van der Waals surface area (Å²) in [5.74, 6) is 0. The van der Waals surface area contributed by atoms with Gasteiger partial charge in [0.25, 0.3) is 0 Å². The summed E-state index contributed by atoms with van der Waals surface area (Å²) in [6, 6.07) is 0. The Kier molecular flexibility index (Phi) is 4.74. The fourth-order valence-electron chi connectivity index (χ4n) is 2.07. The molecular formula is C11H23NO. The van der Waals surface area contributed by atoms with Crippen LogP contribution in [-0.4, -0.2) is 24.8 Å². The second-order valence-electron chi connectivity index (χ2n) is 4.57. The summed E-state index contributed by atoms with van der Waals surface area (Å²) in [6.45, 7) is 1.67. The molecular weight excluding hydrogens is 162 g/mol. The first-order valence-electron chi connectivity index (χ1n) is 5.76. The molecule has 0 aliphatic carbocycles. The Morgan fingerprint density at radius 3 is 1.38 bits per heavy atom. The van der Waals surface area contributed by atoms with Crippen LogP contribution in [0, 0.1) is 5.21 Å². The van der Waals surface area contributed by atoms with E-state index in [0.29, 0.717) is 0 Å². The van der Waals surface area contributed by atoms with Crippen LogP contribution in [0.5, 0.6) is 0 Å². The number of hydroxylamine groups is 3. The van der Waals surface area contributed by atoms with E-state index in [1.54, 1.807) is 0 Å². The van der Waals surface area contributed by atoms with E-state index < -0.39 is 0 Å². The molecule has 1 aliphatic rings. The van der Waals surface area contributed by atoms with Crippen molar-refractivity contribution in [1.82, 2.24) is 0 Å². The lowest BCUT2D eigenvalue weighted by Crippen LogP contribution is -2.39. The molecule has 0 amide bonds. The van der Waals surface area contributed by atoms with Crippen LogP contribution in [0.15, 0.2) is 0 Å². The number of nitrogens with zero attached hydrogens (tertiary/aromatic N) is 1. The third-order valence-electron chi connectivity index (χ3n) is 3.01. The molecule has 13 heavy (non-hydrogen) atoms. The Labute approximate surface area is 82.1 Å². The van der Waals surface area contributed by atoms with Crippen molar-refractivity contribution in [1.29, 1.82) is 0 Å². The highest BCUT2D eigenvalue weighted by atomic mass is 16.5. The predicted molar refractivity (Wildman–Crippen MR) is 56.2 cm³/mol. The Balaban J connectivity index is 2.27. The molecule has 0 bridgehead atoms. The van der Waals surface area contributed by atoms with Gasteiger partial charge in [-0.3, -0.25) is 0 Å². The lowest BCUT2D eigenvalue weighted by Gasteiger charge is -2.38. The molecule has 0 saturated carbocycles. The summed E-state index contributed by atoms with van der Waals surface area (Å²) >= 11 is 0. The van der Waals surface area contributed by atoms with E-state index in [4.69, 9.17) is 0 Å². The highest BCUT2D eigenvalue weighted by Gasteiger charge is 2.09. The van der Waals surface area contributed by atoms with Crippen LogP contribution in [0.4, 0.5) is 0 Å². The van der Waals surface area contributed by atoms with Gasteiger partial charge in [0.2, 0.25) is 0 Å². The maximum Gasteiger partial charge on any atom is 0.0781 e. The van der Waals surface area contributed by atoms with Crippen molar-refractivity contribution >= 4 is 0 Å². The van der Waals surface area contributed by atoms with Crippen molar-refractivity contribution in [3.63, 3.8) is 0 Å². The number of quaternary nitrogens is 1. The molecule has 0 atom stereocenters. The van der Waals surface area contributed by atoms with Crippen LogP contribution in [0.3, 0.4) is 0 Å². The summed E-state index contributed by atoms with van der Waals surface area (Å²) in [4.78, 5) is 0. The molecule has 0 N–H and O–H groups in total. The summed E-state index contributed by atoms with van der Waals surface area (Å²) in [5, 5.41) is 11.8. The van der Waals surface area contributed by atoms with Crippen molar-refractivity contribution in [2.75, 3.05) is 20.1 Å². The Morgan fingerprint density at radius 1 is 0.692 bits per heavy atom. The topological polar surface area (TPSA) is 23.1 Å². The van der Waals surface area contributed by atoms with Gasteiger partial charge in [-0.05, 0) is 25.7 Å². The van der Waals surface area contributed by atoms with Gasteiger partial charge in [0.05, 0.1) is 20.1 Å². The molecule has 2 heteroatoms.